The van der Waals surface area contributed by atoms with Crippen LogP contribution in [0.5, 0.6) is 0 Å². The molecule has 2 aliphatic heterocycles. The molecule has 3 heterocycles. The largest absolute Gasteiger partial charge is 0.378 e. The number of halogens is 1. The number of benzene rings is 1. The number of H-pyrrole nitrogens is 1. The highest BCUT2D eigenvalue weighted by Crippen LogP contribution is 2.21. The Hall–Kier alpha value is -2.42. The smallest absolute Gasteiger partial charge is 0.271 e. The van der Waals surface area contributed by atoms with Gasteiger partial charge in [-0.3, -0.25) is 19.6 Å². The minimum Gasteiger partial charge on any atom is -0.378 e. The Morgan fingerprint density at radius 3 is 2.38 bits per heavy atom. The second-order valence-corrected chi connectivity index (χ2v) is 7.67. The van der Waals surface area contributed by atoms with E-state index in [1.165, 1.54) is 0 Å². The Morgan fingerprint density at radius 1 is 1.00 bits per heavy atom. The number of carbonyl (C=O) groups is 2. The van der Waals surface area contributed by atoms with E-state index in [-0.39, 0.29) is 11.8 Å². The fourth-order valence-corrected chi connectivity index (χ4v) is 3.71. The summed E-state index contributed by atoms with van der Waals surface area (Å²) in [4.78, 5) is 30.9. The van der Waals surface area contributed by atoms with Crippen LogP contribution in [-0.4, -0.2) is 95.7 Å². The van der Waals surface area contributed by atoms with Gasteiger partial charge in [0.15, 0.2) is 0 Å². The lowest BCUT2D eigenvalue weighted by molar-refractivity contribution is -0.136. The number of nitrogens with one attached hydrogen (secondary N) is 1. The minimum atomic E-state index is -0.0723. The van der Waals surface area contributed by atoms with Crippen molar-refractivity contribution in [3.8, 4) is 11.3 Å². The van der Waals surface area contributed by atoms with E-state index < -0.39 is 0 Å². The molecule has 0 aliphatic carbocycles. The number of rotatable bonds is 4. The lowest BCUT2D eigenvalue weighted by Gasteiger charge is -2.35. The topological polar surface area (TPSA) is 81.8 Å². The Morgan fingerprint density at radius 2 is 1.69 bits per heavy atom. The summed E-state index contributed by atoms with van der Waals surface area (Å²) in [5.41, 5.74) is 2.07. The molecule has 154 valence electrons. The maximum Gasteiger partial charge on any atom is 0.271 e. The molecule has 0 bridgehead atoms. The molecule has 0 spiro atoms. The number of ether oxygens (including phenoxy) is 1. The van der Waals surface area contributed by atoms with Crippen LogP contribution in [0.3, 0.4) is 0 Å². The van der Waals surface area contributed by atoms with Crippen LogP contribution in [0.15, 0.2) is 30.3 Å². The fourth-order valence-electron chi connectivity index (χ4n) is 3.58. The van der Waals surface area contributed by atoms with Crippen molar-refractivity contribution in [3.05, 3.63) is 41.0 Å². The molecule has 29 heavy (non-hydrogen) atoms. The van der Waals surface area contributed by atoms with Crippen molar-refractivity contribution >= 4 is 23.4 Å². The van der Waals surface area contributed by atoms with E-state index in [2.05, 4.69) is 15.1 Å². The van der Waals surface area contributed by atoms with Gasteiger partial charge >= 0.3 is 0 Å². The lowest BCUT2D eigenvalue weighted by Crippen LogP contribution is -2.52. The first-order valence-corrected chi connectivity index (χ1v) is 10.2. The predicted molar refractivity (Wildman–Crippen MR) is 109 cm³/mol. The fraction of sp³-hybridized carbons (Fsp3) is 0.450. The van der Waals surface area contributed by atoms with Gasteiger partial charge in [-0.25, -0.2) is 0 Å². The molecule has 9 heteroatoms. The standard InChI is InChI=1S/C20H24ClN5O3/c21-16-3-1-15(2-4-16)17-13-18(23-22-17)20(28)26-7-5-24(6-8-26)14-19(27)25-9-11-29-12-10-25/h1-4,13H,5-12,14H2,(H,22,23). The summed E-state index contributed by atoms with van der Waals surface area (Å²) < 4.78 is 5.29. The number of aromatic nitrogens is 2. The van der Waals surface area contributed by atoms with Crippen molar-refractivity contribution in [1.29, 1.82) is 0 Å². The normalized spacial score (nSPS) is 18.1. The average Bonchev–Trinajstić information content (AvgIpc) is 3.25. The van der Waals surface area contributed by atoms with Crippen LogP contribution in [-0.2, 0) is 9.53 Å². The summed E-state index contributed by atoms with van der Waals surface area (Å²) in [6.07, 6.45) is 0. The average molecular weight is 418 g/mol. The van der Waals surface area contributed by atoms with E-state index in [0.29, 0.717) is 75.4 Å². The van der Waals surface area contributed by atoms with E-state index in [1.807, 2.05) is 17.0 Å². The molecule has 1 aromatic heterocycles. The highest BCUT2D eigenvalue weighted by atomic mass is 35.5. The zero-order chi connectivity index (χ0) is 20.2. The number of hydrogen-bond acceptors (Lipinski definition) is 5. The molecule has 1 aromatic carbocycles. The summed E-state index contributed by atoms with van der Waals surface area (Å²) in [6, 6.07) is 9.10. The molecule has 0 atom stereocenters. The first-order valence-electron chi connectivity index (χ1n) is 9.78. The highest BCUT2D eigenvalue weighted by Gasteiger charge is 2.26. The van der Waals surface area contributed by atoms with Crippen LogP contribution in [0.25, 0.3) is 11.3 Å². The molecule has 2 aliphatic rings. The molecule has 1 N–H and O–H groups in total. The van der Waals surface area contributed by atoms with Gasteiger partial charge in [0.25, 0.3) is 5.91 Å². The zero-order valence-electron chi connectivity index (χ0n) is 16.1. The number of nitrogens with zero attached hydrogens (tertiary/aromatic N) is 4. The molecule has 2 aromatic rings. The number of carbonyl (C=O) groups excluding carboxylic acids is 2. The third kappa shape index (κ3) is 4.77. The van der Waals surface area contributed by atoms with Crippen molar-refractivity contribution in [2.45, 2.75) is 0 Å². The summed E-state index contributed by atoms with van der Waals surface area (Å²) in [5, 5.41) is 7.75. The van der Waals surface area contributed by atoms with Crippen LogP contribution in [0.2, 0.25) is 5.02 Å². The van der Waals surface area contributed by atoms with Gasteiger partial charge in [0.05, 0.1) is 25.5 Å². The second-order valence-electron chi connectivity index (χ2n) is 7.24. The van der Waals surface area contributed by atoms with Crippen LogP contribution < -0.4 is 0 Å². The molecular weight excluding hydrogens is 394 g/mol. The minimum absolute atomic E-state index is 0.0723. The van der Waals surface area contributed by atoms with E-state index in [4.69, 9.17) is 16.3 Å². The van der Waals surface area contributed by atoms with Crippen LogP contribution in [0.1, 0.15) is 10.5 Å². The molecule has 8 nitrogen and oxygen atoms in total. The summed E-state index contributed by atoms with van der Waals surface area (Å²) in [6.45, 7) is 5.47. The lowest BCUT2D eigenvalue weighted by atomic mass is 10.1. The third-order valence-corrected chi connectivity index (χ3v) is 5.58. The van der Waals surface area contributed by atoms with Gasteiger partial charge in [0.1, 0.15) is 5.69 Å². The second kappa shape index (κ2) is 8.94. The molecule has 2 fully saturated rings. The third-order valence-electron chi connectivity index (χ3n) is 5.33. The zero-order valence-corrected chi connectivity index (χ0v) is 16.9. The van der Waals surface area contributed by atoms with Crippen LogP contribution in [0, 0.1) is 0 Å². The van der Waals surface area contributed by atoms with Crippen molar-refractivity contribution in [2.24, 2.45) is 0 Å². The molecule has 0 radical (unpaired) electrons. The Kier molecular flexibility index (Phi) is 6.13. The number of morpholine rings is 1. The Balaban J connectivity index is 1.30. The van der Waals surface area contributed by atoms with Crippen LogP contribution >= 0.6 is 11.6 Å². The van der Waals surface area contributed by atoms with Crippen molar-refractivity contribution < 1.29 is 14.3 Å². The Bertz CT molecular complexity index is 855. The monoisotopic (exact) mass is 417 g/mol. The molecule has 2 amide bonds. The van der Waals surface area contributed by atoms with Crippen molar-refractivity contribution in [3.63, 3.8) is 0 Å². The van der Waals surface area contributed by atoms with Gasteiger partial charge in [0.2, 0.25) is 5.91 Å². The summed E-state index contributed by atoms with van der Waals surface area (Å²) in [7, 11) is 0. The van der Waals surface area contributed by atoms with E-state index in [0.717, 1.165) is 5.56 Å². The number of amides is 2. The van der Waals surface area contributed by atoms with Crippen LogP contribution in [0.4, 0.5) is 0 Å². The summed E-state index contributed by atoms with van der Waals surface area (Å²) >= 11 is 5.92. The molecular formula is C20H24ClN5O3. The van der Waals surface area contributed by atoms with Crippen molar-refractivity contribution in [1.82, 2.24) is 24.9 Å². The van der Waals surface area contributed by atoms with E-state index in [9.17, 15) is 9.59 Å². The van der Waals surface area contributed by atoms with Gasteiger partial charge in [-0.2, -0.15) is 5.10 Å². The highest BCUT2D eigenvalue weighted by molar-refractivity contribution is 6.30. The summed E-state index contributed by atoms with van der Waals surface area (Å²) in [5.74, 6) is 0.0612. The van der Waals surface area contributed by atoms with Gasteiger partial charge in [-0.15, -0.1) is 0 Å². The van der Waals surface area contributed by atoms with Gasteiger partial charge < -0.3 is 14.5 Å². The molecule has 0 unspecified atom stereocenters. The van der Waals surface area contributed by atoms with Gasteiger partial charge in [0, 0.05) is 49.9 Å². The van der Waals surface area contributed by atoms with E-state index >= 15 is 0 Å². The first kappa shape index (κ1) is 19.9. The maximum absolute atomic E-state index is 12.8. The van der Waals surface area contributed by atoms with Gasteiger partial charge in [-0.1, -0.05) is 23.7 Å². The number of hydrogen-bond donors (Lipinski definition) is 1. The number of piperazine rings is 1. The maximum atomic E-state index is 12.8. The molecule has 2 saturated heterocycles. The van der Waals surface area contributed by atoms with E-state index in [1.54, 1.807) is 23.1 Å². The SMILES string of the molecule is O=C(CN1CCN(C(=O)c2cc(-c3ccc(Cl)cc3)n[nH]2)CC1)N1CCOCC1. The van der Waals surface area contributed by atoms with Crippen molar-refractivity contribution in [2.75, 3.05) is 59.0 Å². The molecule has 4 rings (SSSR count). The predicted octanol–water partition coefficient (Wildman–Crippen LogP) is 1.35. The van der Waals surface area contributed by atoms with Gasteiger partial charge in [-0.05, 0) is 18.2 Å². The molecule has 0 saturated carbocycles. The Labute approximate surface area is 174 Å². The quantitative estimate of drug-likeness (QED) is 0.812. The number of aromatic amines is 1. The first-order chi connectivity index (χ1) is 14.1.